The smallest absolute Gasteiger partial charge is 0.0550 e. The summed E-state index contributed by atoms with van der Waals surface area (Å²) in [5.74, 6) is 0. The highest BCUT2D eigenvalue weighted by molar-refractivity contribution is 7.99. The highest BCUT2D eigenvalue weighted by atomic mass is 32.2. The number of fused-ring (bicyclic) bond motifs is 2. The van der Waals surface area contributed by atoms with Crippen LogP contribution in [0.3, 0.4) is 0 Å². The van der Waals surface area contributed by atoms with Gasteiger partial charge in [-0.1, -0.05) is 42.1 Å². The maximum atomic E-state index is 4.01. The van der Waals surface area contributed by atoms with Crippen LogP contribution in [0, 0.1) is 0 Å². The third-order valence-corrected chi connectivity index (χ3v) is 4.37. The normalized spacial score (nSPS) is 12.9. The highest BCUT2D eigenvalue weighted by Gasteiger charge is 2.20. The SMILES string of the molecule is C=C(C)c1ccc2c(c1)Sc1ccccc1N2C. The largest absolute Gasteiger partial charge is 0.343 e. The van der Waals surface area contributed by atoms with Gasteiger partial charge in [0.25, 0.3) is 0 Å². The Morgan fingerprint density at radius 2 is 1.78 bits per heavy atom. The Morgan fingerprint density at radius 3 is 2.56 bits per heavy atom. The molecule has 0 aromatic heterocycles. The summed E-state index contributed by atoms with van der Waals surface area (Å²) < 4.78 is 0. The van der Waals surface area contributed by atoms with Crippen LogP contribution in [0.1, 0.15) is 12.5 Å². The fourth-order valence-corrected chi connectivity index (χ4v) is 3.40. The fourth-order valence-electron chi connectivity index (χ4n) is 2.21. The molecule has 0 unspecified atom stereocenters. The molecule has 1 heterocycles. The van der Waals surface area contributed by atoms with Crippen molar-refractivity contribution in [3.05, 3.63) is 54.6 Å². The zero-order chi connectivity index (χ0) is 12.7. The van der Waals surface area contributed by atoms with Crippen LogP contribution in [0.5, 0.6) is 0 Å². The van der Waals surface area contributed by atoms with Gasteiger partial charge in [0.1, 0.15) is 0 Å². The van der Waals surface area contributed by atoms with Gasteiger partial charge < -0.3 is 4.90 Å². The molecule has 0 fully saturated rings. The maximum Gasteiger partial charge on any atom is 0.0550 e. The van der Waals surface area contributed by atoms with Crippen LogP contribution < -0.4 is 4.90 Å². The maximum absolute atomic E-state index is 4.01. The molecule has 2 heteroatoms. The number of hydrogen-bond acceptors (Lipinski definition) is 2. The lowest BCUT2D eigenvalue weighted by atomic mass is 10.1. The lowest BCUT2D eigenvalue weighted by Gasteiger charge is -2.29. The molecule has 0 amide bonds. The van der Waals surface area contributed by atoms with Gasteiger partial charge in [-0.3, -0.25) is 0 Å². The van der Waals surface area contributed by atoms with Crippen LogP contribution in [-0.4, -0.2) is 7.05 Å². The predicted molar refractivity (Wildman–Crippen MR) is 79.8 cm³/mol. The summed E-state index contributed by atoms with van der Waals surface area (Å²) in [5.41, 5.74) is 4.87. The Balaban J connectivity index is 2.13. The van der Waals surface area contributed by atoms with Crippen molar-refractivity contribution in [3.8, 4) is 0 Å². The Hall–Kier alpha value is -1.67. The molecule has 1 nitrogen and oxygen atoms in total. The molecular weight excluding hydrogens is 238 g/mol. The molecular formula is C16H15NS. The molecule has 18 heavy (non-hydrogen) atoms. The Kier molecular flexibility index (Phi) is 2.67. The number of benzene rings is 2. The molecule has 0 radical (unpaired) electrons. The van der Waals surface area contributed by atoms with Gasteiger partial charge in [-0.2, -0.15) is 0 Å². The summed E-state index contributed by atoms with van der Waals surface area (Å²) in [6, 6.07) is 15.1. The minimum atomic E-state index is 1.11. The number of para-hydroxylation sites is 1. The minimum Gasteiger partial charge on any atom is -0.343 e. The molecule has 0 atom stereocenters. The Labute approximate surface area is 112 Å². The standard InChI is InChI=1S/C16H15NS/c1-11(2)12-8-9-14-16(10-12)18-15-7-5-4-6-13(15)17(14)3/h4-10H,1H2,2-3H3. The van der Waals surface area contributed by atoms with Gasteiger partial charge in [-0.15, -0.1) is 0 Å². The van der Waals surface area contributed by atoms with Gasteiger partial charge in [-0.05, 0) is 36.8 Å². The lowest BCUT2D eigenvalue weighted by Crippen LogP contribution is -2.14. The third-order valence-electron chi connectivity index (χ3n) is 3.26. The van der Waals surface area contributed by atoms with Gasteiger partial charge in [0.05, 0.1) is 11.4 Å². The van der Waals surface area contributed by atoms with E-state index in [1.54, 1.807) is 0 Å². The van der Waals surface area contributed by atoms with E-state index >= 15 is 0 Å². The Morgan fingerprint density at radius 1 is 1.06 bits per heavy atom. The van der Waals surface area contributed by atoms with Crippen molar-refractivity contribution in [2.45, 2.75) is 16.7 Å². The van der Waals surface area contributed by atoms with Crippen LogP contribution in [0.25, 0.3) is 5.57 Å². The quantitative estimate of drug-likeness (QED) is 0.707. The molecule has 0 saturated heterocycles. The average molecular weight is 253 g/mol. The molecule has 0 aliphatic carbocycles. The molecule has 0 saturated carbocycles. The van der Waals surface area contributed by atoms with Gasteiger partial charge in [-0.25, -0.2) is 0 Å². The second kappa shape index (κ2) is 4.21. The topological polar surface area (TPSA) is 3.24 Å². The van der Waals surface area contributed by atoms with E-state index < -0.39 is 0 Å². The predicted octanol–water partition coefficient (Wildman–Crippen LogP) is 4.95. The first-order chi connectivity index (χ1) is 8.66. The second-order valence-corrected chi connectivity index (χ2v) is 5.68. The number of hydrogen-bond donors (Lipinski definition) is 0. The van der Waals surface area contributed by atoms with E-state index in [1.165, 1.54) is 26.7 Å². The Bertz CT molecular complexity index is 631. The molecule has 90 valence electrons. The van der Waals surface area contributed by atoms with Gasteiger partial charge >= 0.3 is 0 Å². The number of rotatable bonds is 1. The van der Waals surface area contributed by atoms with Crippen molar-refractivity contribution in [3.63, 3.8) is 0 Å². The van der Waals surface area contributed by atoms with Crippen LogP contribution >= 0.6 is 11.8 Å². The van der Waals surface area contributed by atoms with E-state index in [-0.39, 0.29) is 0 Å². The first-order valence-electron chi connectivity index (χ1n) is 5.97. The lowest BCUT2D eigenvalue weighted by molar-refractivity contribution is 1.11. The first kappa shape index (κ1) is 11.4. The summed E-state index contributed by atoms with van der Waals surface area (Å²) in [6.45, 7) is 6.06. The summed E-state index contributed by atoms with van der Waals surface area (Å²) in [5, 5.41) is 0. The summed E-state index contributed by atoms with van der Waals surface area (Å²) in [7, 11) is 2.12. The third kappa shape index (κ3) is 1.73. The van der Waals surface area contributed by atoms with Crippen molar-refractivity contribution in [2.24, 2.45) is 0 Å². The number of anilines is 2. The van der Waals surface area contributed by atoms with E-state index in [0.717, 1.165) is 5.57 Å². The van der Waals surface area contributed by atoms with E-state index in [1.807, 2.05) is 18.7 Å². The van der Waals surface area contributed by atoms with Crippen molar-refractivity contribution in [1.82, 2.24) is 0 Å². The van der Waals surface area contributed by atoms with Crippen LogP contribution in [-0.2, 0) is 0 Å². The van der Waals surface area contributed by atoms with Crippen molar-refractivity contribution in [2.75, 3.05) is 11.9 Å². The van der Waals surface area contributed by atoms with Crippen molar-refractivity contribution < 1.29 is 0 Å². The van der Waals surface area contributed by atoms with E-state index in [2.05, 4.69) is 61.0 Å². The van der Waals surface area contributed by atoms with Crippen molar-refractivity contribution in [1.29, 1.82) is 0 Å². The average Bonchev–Trinajstić information content (AvgIpc) is 2.38. The van der Waals surface area contributed by atoms with E-state index in [0.29, 0.717) is 0 Å². The minimum absolute atomic E-state index is 1.11. The molecule has 0 N–H and O–H groups in total. The van der Waals surface area contributed by atoms with Crippen LogP contribution in [0.2, 0.25) is 0 Å². The molecule has 0 spiro atoms. The molecule has 2 aromatic rings. The second-order valence-electron chi connectivity index (χ2n) is 4.59. The zero-order valence-corrected chi connectivity index (χ0v) is 11.4. The van der Waals surface area contributed by atoms with E-state index in [4.69, 9.17) is 0 Å². The molecule has 3 rings (SSSR count). The molecule has 0 bridgehead atoms. The van der Waals surface area contributed by atoms with E-state index in [9.17, 15) is 0 Å². The van der Waals surface area contributed by atoms with Crippen LogP contribution in [0.4, 0.5) is 11.4 Å². The number of allylic oxidation sites excluding steroid dienone is 1. The van der Waals surface area contributed by atoms with Gasteiger partial charge in [0.15, 0.2) is 0 Å². The first-order valence-corrected chi connectivity index (χ1v) is 6.79. The fraction of sp³-hybridized carbons (Fsp3) is 0.125. The molecule has 1 aliphatic heterocycles. The van der Waals surface area contributed by atoms with Gasteiger partial charge in [0, 0.05) is 16.8 Å². The van der Waals surface area contributed by atoms with Crippen LogP contribution in [0.15, 0.2) is 58.8 Å². The summed E-state index contributed by atoms with van der Waals surface area (Å²) >= 11 is 1.84. The van der Waals surface area contributed by atoms with Crippen molar-refractivity contribution >= 4 is 28.7 Å². The molecule has 1 aliphatic rings. The summed E-state index contributed by atoms with van der Waals surface area (Å²) in [4.78, 5) is 4.87. The summed E-state index contributed by atoms with van der Waals surface area (Å²) in [6.07, 6.45) is 0. The zero-order valence-electron chi connectivity index (χ0n) is 10.6. The molecule has 2 aromatic carbocycles. The monoisotopic (exact) mass is 253 g/mol. The van der Waals surface area contributed by atoms with Gasteiger partial charge in [0.2, 0.25) is 0 Å². The number of nitrogens with zero attached hydrogens (tertiary/aromatic N) is 1. The highest BCUT2D eigenvalue weighted by Crippen LogP contribution is 2.47.